The fraction of sp³-hybridized carbons (Fsp3) is 0.500. The molecule has 0 aliphatic heterocycles. The highest BCUT2D eigenvalue weighted by atomic mass is 35.5. The third-order valence-corrected chi connectivity index (χ3v) is 1.64. The van der Waals surface area contributed by atoms with Gasteiger partial charge >= 0.3 is 0 Å². The molecule has 0 aromatic rings. The lowest BCUT2D eigenvalue weighted by Gasteiger charge is -2.23. The molecule has 0 saturated carbocycles. The van der Waals surface area contributed by atoms with Crippen molar-refractivity contribution in [1.82, 2.24) is 10.6 Å². The van der Waals surface area contributed by atoms with Crippen LogP contribution in [0, 0.1) is 0 Å². The van der Waals surface area contributed by atoms with Crippen LogP contribution in [0.1, 0.15) is 13.8 Å². The van der Waals surface area contributed by atoms with Crippen molar-refractivity contribution in [2.24, 2.45) is 0 Å². The van der Waals surface area contributed by atoms with Crippen molar-refractivity contribution in [2.75, 3.05) is 7.05 Å². The molecule has 0 unspecified atom stereocenters. The SMILES string of the molecule is C=C(Cl)C(=O)NC(C)(C)C(=O)NC. The van der Waals surface area contributed by atoms with Crippen molar-refractivity contribution in [3.8, 4) is 0 Å². The van der Waals surface area contributed by atoms with Crippen LogP contribution < -0.4 is 10.6 Å². The highest BCUT2D eigenvalue weighted by molar-refractivity contribution is 6.41. The molecule has 74 valence electrons. The average molecular weight is 205 g/mol. The molecule has 4 nitrogen and oxygen atoms in total. The Balaban J connectivity index is 4.42. The molecular weight excluding hydrogens is 192 g/mol. The van der Waals surface area contributed by atoms with Gasteiger partial charge < -0.3 is 10.6 Å². The zero-order chi connectivity index (χ0) is 10.6. The molecular formula is C8H13ClN2O2. The normalized spacial score (nSPS) is 10.5. The van der Waals surface area contributed by atoms with Gasteiger partial charge in [-0.25, -0.2) is 0 Å². The zero-order valence-electron chi connectivity index (χ0n) is 7.90. The van der Waals surface area contributed by atoms with Crippen molar-refractivity contribution in [3.63, 3.8) is 0 Å². The minimum atomic E-state index is -0.982. The summed E-state index contributed by atoms with van der Waals surface area (Å²) >= 11 is 5.34. The Bertz CT molecular complexity index is 249. The van der Waals surface area contributed by atoms with E-state index in [2.05, 4.69) is 17.2 Å². The van der Waals surface area contributed by atoms with Gasteiger partial charge in [0.1, 0.15) is 5.54 Å². The highest BCUT2D eigenvalue weighted by Gasteiger charge is 2.28. The van der Waals surface area contributed by atoms with Crippen molar-refractivity contribution < 1.29 is 9.59 Å². The lowest BCUT2D eigenvalue weighted by molar-refractivity contribution is -0.130. The third kappa shape index (κ3) is 3.46. The quantitative estimate of drug-likeness (QED) is 0.653. The monoisotopic (exact) mass is 204 g/mol. The van der Waals surface area contributed by atoms with Crippen molar-refractivity contribution in [2.45, 2.75) is 19.4 Å². The van der Waals surface area contributed by atoms with E-state index < -0.39 is 11.4 Å². The topological polar surface area (TPSA) is 58.2 Å². The van der Waals surface area contributed by atoms with Gasteiger partial charge in [0.2, 0.25) is 5.91 Å². The molecule has 5 heteroatoms. The van der Waals surface area contributed by atoms with Crippen LogP contribution in [0.15, 0.2) is 11.6 Å². The molecule has 0 bridgehead atoms. The summed E-state index contributed by atoms with van der Waals surface area (Å²) in [6.07, 6.45) is 0. The van der Waals surface area contributed by atoms with Gasteiger partial charge in [0.05, 0.1) is 5.03 Å². The highest BCUT2D eigenvalue weighted by Crippen LogP contribution is 2.05. The van der Waals surface area contributed by atoms with Gasteiger partial charge in [-0.2, -0.15) is 0 Å². The number of rotatable bonds is 3. The van der Waals surface area contributed by atoms with Gasteiger partial charge in [-0.05, 0) is 13.8 Å². The third-order valence-electron chi connectivity index (χ3n) is 1.47. The van der Waals surface area contributed by atoms with Crippen LogP contribution in [0.5, 0.6) is 0 Å². The Hall–Kier alpha value is -1.03. The number of halogens is 1. The van der Waals surface area contributed by atoms with Crippen LogP contribution in [0.3, 0.4) is 0 Å². The van der Waals surface area contributed by atoms with E-state index in [9.17, 15) is 9.59 Å². The summed E-state index contributed by atoms with van der Waals surface area (Å²) in [5, 5.41) is 4.71. The van der Waals surface area contributed by atoms with E-state index in [0.717, 1.165) is 0 Å². The Kier molecular flexibility index (Phi) is 3.94. The predicted octanol–water partition coefficient (Wildman–Crippen LogP) is 0.380. The largest absolute Gasteiger partial charge is 0.357 e. The van der Waals surface area contributed by atoms with Gasteiger partial charge in [0, 0.05) is 7.05 Å². The fourth-order valence-corrected chi connectivity index (χ4v) is 0.768. The molecule has 0 aromatic carbocycles. The first-order valence-corrected chi connectivity index (χ1v) is 4.08. The van der Waals surface area contributed by atoms with Crippen LogP contribution in [0.4, 0.5) is 0 Å². The standard InChI is InChI=1S/C8H13ClN2O2/c1-5(9)6(12)11-8(2,3)7(13)10-4/h1H2,2-4H3,(H,10,13)(H,11,12). The van der Waals surface area contributed by atoms with Gasteiger partial charge in [-0.3, -0.25) is 9.59 Å². The number of hydrogen-bond donors (Lipinski definition) is 2. The van der Waals surface area contributed by atoms with Gasteiger partial charge in [-0.15, -0.1) is 0 Å². The molecule has 13 heavy (non-hydrogen) atoms. The maximum Gasteiger partial charge on any atom is 0.263 e. The van der Waals surface area contributed by atoms with E-state index in [1.165, 1.54) is 7.05 Å². The minimum absolute atomic E-state index is 0.142. The summed E-state index contributed by atoms with van der Waals surface area (Å²) in [6, 6.07) is 0. The second kappa shape index (κ2) is 4.28. The summed E-state index contributed by atoms with van der Waals surface area (Å²) in [4.78, 5) is 22.2. The zero-order valence-corrected chi connectivity index (χ0v) is 8.66. The number of carbonyl (C=O) groups excluding carboxylic acids is 2. The molecule has 0 aliphatic carbocycles. The predicted molar refractivity (Wildman–Crippen MR) is 51.3 cm³/mol. The van der Waals surface area contributed by atoms with E-state index in [-0.39, 0.29) is 10.9 Å². The van der Waals surface area contributed by atoms with Crippen molar-refractivity contribution >= 4 is 23.4 Å². The summed E-state index contributed by atoms with van der Waals surface area (Å²) in [6.45, 7) is 6.39. The van der Waals surface area contributed by atoms with E-state index >= 15 is 0 Å². The minimum Gasteiger partial charge on any atom is -0.357 e. The molecule has 0 fully saturated rings. The average Bonchev–Trinajstić information content (AvgIpc) is 2.01. The van der Waals surface area contributed by atoms with Gasteiger partial charge in [0.15, 0.2) is 0 Å². The van der Waals surface area contributed by atoms with Gasteiger partial charge in [-0.1, -0.05) is 18.2 Å². The first-order valence-electron chi connectivity index (χ1n) is 3.70. The van der Waals surface area contributed by atoms with Crippen molar-refractivity contribution in [1.29, 1.82) is 0 Å². The van der Waals surface area contributed by atoms with Crippen LogP contribution in [0.2, 0.25) is 0 Å². The molecule has 2 amide bonds. The second-order valence-corrected chi connectivity index (χ2v) is 3.52. The lowest BCUT2D eigenvalue weighted by Crippen LogP contribution is -2.53. The smallest absolute Gasteiger partial charge is 0.263 e. The summed E-state index contributed by atoms with van der Waals surface area (Å²) in [5.41, 5.74) is -0.982. The van der Waals surface area contributed by atoms with Crippen LogP contribution >= 0.6 is 11.6 Å². The van der Waals surface area contributed by atoms with Crippen LogP contribution in [-0.4, -0.2) is 24.4 Å². The second-order valence-electron chi connectivity index (χ2n) is 3.06. The number of nitrogens with one attached hydrogen (secondary N) is 2. The molecule has 0 aliphatic rings. The fourth-order valence-electron chi connectivity index (χ4n) is 0.721. The molecule has 0 saturated heterocycles. The first kappa shape index (κ1) is 12.0. The Morgan fingerprint density at radius 1 is 1.38 bits per heavy atom. The van der Waals surface area contributed by atoms with Gasteiger partial charge in [0.25, 0.3) is 5.91 Å². The summed E-state index contributed by atoms with van der Waals surface area (Å²) in [5.74, 6) is -0.839. The molecule has 0 aromatic heterocycles. The number of hydrogen-bond acceptors (Lipinski definition) is 2. The molecule has 0 spiro atoms. The maximum atomic E-state index is 11.2. The molecule has 0 atom stereocenters. The summed E-state index contributed by atoms with van der Waals surface area (Å²) < 4.78 is 0. The van der Waals surface area contributed by atoms with Crippen LogP contribution in [0.25, 0.3) is 0 Å². The number of amides is 2. The molecule has 0 heterocycles. The van der Waals surface area contributed by atoms with E-state index in [0.29, 0.717) is 0 Å². The maximum absolute atomic E-state index is 11.2. The van der Waals surface area contributed by atoms with Crippen LogP contribution in [-0.2, 0) is 9.59 Å². The number of likely N-dealkylation sites (N-methyl/N-ethyl adjacent to an activating group) is 1. The number of carbonyl (C=O) groups is 2. The first-order chi connectivity index (χ1) is 5.81. The Morgan fingerprint density at radius 2 is 1.85 bits per heavy atom. The van der Waals surface area contributed by atoms with E-state index in [1.807, 2.05) is 0 Å². The molecule has 2 N–H and O–H groups in total. The Labute approximate surface area is 82.3 Å². The van der Waals surface area contributed by atoms with E-state index in [1.54, 1.807) is 13.8 Å². The Morgan fingerprint density at radius 3 is 2.15 bits per heavy atom. The summed E-state index contributed by atoms with van der Waals surface area (Å²) in [7, 11) is 1.49. The lowest BCUT2D eigenvalue weighted by atomic mass is 10.0. The van der Waals surface area contributed by atoms with E-state index in [4.69, 9.17) is 11.6 Å². The molecule has 0 rings (SSSR count). The van der Waals surface area contributed by atoms with Crippen molar-refractivity contribution in [3.05, 3.63) is 11.6 Å². The molecule has 0 radical (unpaired) electrons.